The highest BCUT2D eigenvalue weighted by atomic mass is 16.5. The summed E-state index contributed by atoms with van der Waals surface area (Å²) in [7, 11) is 2.03. The number of piperidine rings is 1. The molecule has 0 bridgehead atoms. The first-order valence-corrected chi connectivity index (χ1v) is 8.07. The van der Waals surface area contributed by atoms with E-state index in [9.17, 15) is 9.59 Å². The van der Waals surface area contributed by atoms with Gasteiger partial charge in [-0.05, 0) is 44.4 Å². The van der Waals surface area contributed by atoms with Crippen molar-refractivity contribution < 1.29 is 14.3 Å². The Balaban J connectivity index is 1.92. The van der Waals surface area contributed by atoms with Gasteiger partial charge in [-0.3, -0.25) is 14.5 Å². The van der Waals surface area contributed by atoms with Gasteiger partial charge in [0.25, 0.3) is 0 Å². The van der Waals surface area contributed by atoms with Crippen LogP contribution in [0, 0.1) is 5.92 Å². The highest BCUT2D eigenvalue weighted by Crippen LogP contribution is 2.45. The summed E-state index contributed by atoms with van der Waals surface area (Å²) in [6.45, 7) is 2.54. The molecule has 3 rings (SSSR count). The SMILES string of the molecule is CCOC(=O)C1CN(C)[C@@]2(CCCc3ccccc32)CC1=O. The average Bonchev–Trinajstić information content (AvgIpc) is 2.51. The first kappa shape index (κ1) is 15.2. The number of Topliss-reactive ketones (excluding diaryl/α,β-unsaturated/α-hetero) is 1. The van der Waals surface area contributed by atoms with Crippen molar-refractivity contribution in [1.82, 2.24) is 4.90 Å². The summed E-state index contributed by atoms with van der Waals surface area (Å²) in [4.78, 5) is 26.8. The van der Waals surface area contributed by atoms with E-state index in [2.05, 4.69) is 23.1 Å². The van der Waals surface area contributed by atoms with E-state index < -0.39 is 5.92 Å². The summed E-state index contributed by atoms with van der Waals surface area (Å²) in [6, 6.07) is 8.40. The van der Waals surface area contributed by atoms with Crippen LogP contribution in [0.15, 0.2) is 24.3 Å². The van der Waals surface area contributed by atoms with Crippen LogP contribution in [0.2, 0.25) is 0 Å². The van der Waals surface area contributed by atoms with Crippen molar-refractivity contribution in [3.8, 4) is 0 Å². The van der Waals surface area contributed by atoms with Crippen LogP contribution in [0.4, 0.5) is 0 Å². The van der Waals surface area contributed by atoms with Crippen molar-refractivity contribution >= 4 is 11.8 Å². The summed E-state index contributed by atoms with van der Waals surface area (Å²) < 4.78 is 5.06. The maximum Gasteiger partial charge on any atom is 0.317 e. The molecule has 0 N–H and O–H groups in total. The summed E-state index contributed by atoms with van der Waals surface area (Å²) in [5.74, 6) is -0.990. The number of carbonyl (C=O) groups excluding carboxylic acids is 2. The topological polar surface area (TPSA) is 46.6 Å². The standard InChI is InChI=1S/C18H23NO3/c1-3-22-17(21)14-12-19(2)18(11-16(14)20)10-6-8-13-7-4-5-9-15(13)18/h4-5,7,9,14H,3,6,8,10-12H2,1-2H3/t14?,18-/m0/s1. The fraction of sp³-hybridized carbons (Fsp3) is 0.556. The lowest BCUT2D eigenvalue weighted by Crippen LogP contribution is -2.56. The Morgan fingerprint density at radius 1 is 1.41 bits per heavy atom. The Bertz CT molecular complexity index is 598. The van der Waals surface area contributed by atoms with Gasteiger partial charge in [-0.15, -0.1) is 0 Å². The van der Waals surface area contributed by atoms with Crippen LogP contribution in [0.1, 0.15) is 37.3 Å². The zero-order valence-corrected chi connectivity index (χ0v) is 13.3. The molecule has 118 valence electrons. The highest BCUT2D eigenvalue weighted by molar-refractivity contribution is 6.00. The number of esters is 1. The van der Waals surface area contributed by atoms with E-state index in [-0.39, 0.29) is 17.3 Å². The fourth-order valence-electron chi connectivity index (χ4n) is 4.02. The Hall–Kier alpha value is -1.68. The fourth-order valence-corrected chi connectivity index (χ4v) is 4.02. The molecule has 1 spiro atoms. The van der Waals surface area contributed by atoms with Gasteiger partial charge in [-0.25, -0.2) is 0 Å². The monoisotopic (exact) mass is 301 g/mol. The molecule has 4 heteroatoms. The van der Waals surface area contributed by atoms with Crippen LogP contribution in [0.25, 0.3) is 0 Å². The number of fused-ring (bicyclic) bond motifs is 2. The van der Waals surface area contributed by atoms with Crippen molar-refractivity contribution in [2.75, 3.05) is 20.2 Å². The second kappa shape index (κ2) is 5.84. The van der Waals surface area contributed by atoms with Gasteiger partial charge in [0.2, 0.25) is 0 Å². The number of ether oxygens (including phenoxy) is 1. The number of aryl methyl sites for hydroxylation is 1. The van der Waals surface area contributed by atoms with Crippen molar-refractivity contribution in [3.05, 3.63) is 35.4 Å². The molecule has 0 saturated carbocycles. The number of ketones is 1. The van der Waals surface area contributed by atoms with E-state index in [0.717, 1.165) is 19.3 Å². The van der Waals surface area contributed by atoms with Gasteiger partial charge in [0, 0.05) is 13.0 Å². The molecule has 1 aliphatic heterocycles. The lowest BCUT2D eigenvalue weighted by Gasteiger charge is -2.49. The van der Waals surface area contributed by atoms with E-state index in [1.165, 1.54) is 11.1 Å². The molecule has 4 nitrogen and oxygen atoms in total. The molecule has 0 aromatic heterocycles. The Kier molecular flexibility index (Phi) is 4.04. The minimum atomic E-state index is -0.635. The lowest BCUT2D eigenvalue weighted by atomic mass is 9.69. The van der Waals surface area contributed by atoms with Crippen LogP contribution >= 0.6 is 0 Å². The maximum atomic E-state index is 12.6. The predicted octanol–water partition coefficient (Wildman–Crippen LogP) is 2.30. The largest absolute Gasteiger partial charge is 0.465 e. The third-order valence-corrected chi connectivity index (χ3v) is 5.17. The Morgan fingerprint density at radius 3 is 2.95 bits per heavy atom. The highest BCUT2D eigenvalue weighted by Gasteiger charge is 2.49. The van der Waals surface area contributed by atoms with Crippen LogP contribution in [0.3, 0.4) is 0 Å². The van der Waals surface area contributed by atoms with Crippen LogP contribution in [-0.4, -0.2) is 36.9 Å². The molecule has 0 radical (unpaired) electrons. The molecular formula is C18H23NO3. The first-order chi connectivity index (χ1) is 10.6. The summed E-state index contributed by atoms with van der Waals surface area (Å²) >= 11 is 0. The maximum absolute atomic E-state index is 12.6. The molecule has 22 heavy (non-hydrogen) atoms. The molecule has 1 unspecified atom stereocenters. The predicted molar refractivity (Wildman–Crippen MR) is 83.4 cm³/mol. The normalized spacial score (nSPS) is 28.5. The van der Waals surface area contributed by atoms with Gasteiger partial charge in [0.05, 0.1) is 12.1 Å². The first-order valence-electron chi connectivity index (χ1n) is 8.07. The number of likely N-dealkylation sites (tertiary alicyclic amines) is 1. The Labute approximate surface area is 131 Å². The molecule has 1 fully saturated rings. The van der Waals surface area contributed by atoms with E-state index in [4.69, 9.17) is 4.74 Å². The van der Waals surface area contributed by atoms with Crippen molar-refractivity contribution in [3.63, 3.8) is 0 Å². The van der Waals surface area contributed by atoms with Crippen molar-refractivity contribution in [2.24, 2.45) is 5.92 Å². The summed E-state index contributed by atoms with van der Waals surface area (Å²) in [5.41, 5.74) is 2.36. The third-order valence-electron chi connectivity index (χ3n) is 5.17. The number of rotatable bonds is 2. The number of carbonyl (C=O) groups is 2. The summed E-state index contributed by atoms with van der Waals surface area (Å²) in [6.07, 6.45) is 3.53. The van der Waals surface area contributed by atoms with Gasteiger partial charge in [-0.2, -0.15) is 0 Å². The number of benzene rings is 1. The van der Waals surface area contributed by atoms with Gasteiger partial charge >= 0.3 is 5.97 Å². The molecule has 1 heterocycles. The second-order valence-corrected chi connectivity index (χ2v) is 6.37. The van der Waals surface area contributed by atoms with E-state index in [1.807, 2.05) is 13.1 Å². The van der Waals surface area contributed by atoms with Crippen LogP contribution in [-0.2, 0) is 26.3 Å². The number of hydrogen-bond acceptors (Lipinski definition) is 4. The number of nitrogens with zero attached hydrogens (tertiary/aromatic N) is 1. The van der Waals surface area contributed by atoms with Gasteiger partial charge in [-0.1, -0.05) is 24.3 Å². The molecule has 0 amide bonds. The lowest BCUT2D eigenvalue weighted by molar-refractivity contribution is -0.157. The van der Waals surface area contributed by atoms with Gasteiger partial charge < -0.3 is 4.74 Å². The second-order valence-electron chi connectivity index (χ2n) is 6.37. The van der Waals surface area contributed by atoms with Crippen molar-refractivity contribution in [2.45, 2.75) is 38.1 Å². The molecule has 1 aliphatic carbocycles. The molecule has 1 saturated heterocycles. The van der Waals surface area contributed by atoms with E-state index >= 15 is 0 Å². The van der Waals surface area contributed by atoms with Gasteiger partial charge in [0.15, 0.2) is 5.78 Å². The third kappa shape index (κ3) is 2.35. The minimum Gasteiger partial charge on any atom is -0.465 e. The Morgan fingerprint density at radius 2 is 2.18 bits per heavy atom. The molecular weight excluding hydrogens is 278 g/mol. The molecule has 2 aliphatic rings. The molecule has 1 aromatic rings. The molecule has 2 atom stereocenters. The smallest absolute Gasteiger partial charge is 0.317 e. The number of hydrogen-bond donors (Lipinski definition) is 0. The summed E-state index contributed by atoms with van der Waals surface area (Å²) in [5, 5.41) is 0. The zero-order valence-electron chi connectivity index (χ0n) is 13.3. The van der Waals surface area contributed by atoms with Crippen LogP contribution < -0.4 is 0 Å². The quantitative estimate of drug-likeness (QED) is 0.621. The van der Waals surface area contributed by atoms with E-state index in [0.29, 0.717) is 19.6 Å². The van der Waals surface area contributed by atoms with Crippen LogP contribution in [0.5, 0.6) is 0 Å². The van der Waals surface area contributed by atoms with E-state index in [1.54, 1.807) is 6.92 Å². The van der Waals surface area contributed by atoms with Gasteiger partial charge in [0.1, 0.15) is 5.92 Å². The van der Waals surface area contributed by atoms with Crippen molar-refractivity contribution in [1.29, 1.82) is 0 Å². The molecule has 1 aromatic carbocycles. The minimum absolute atomic E-state index is 0.0215. The zero-order chi connectivity index (χ0) is 15.7. The average molecular weight is 301 g/mol.